The molecule has 0 bridgehead atoms. The van der Waals surface area contributed by atoms with Crippen molar-refractivity contribution in [1.29, 1.82) is 0 Å². The van der Waals surface area contributed by atoms with Crippen molar-refractivity contribution in [3.8, 4) is 11.5 Å². The Morgan fingerprint density at radius 2 is 1.86 bits per heavy atom. The maximum atomic E-state index is 12.5. The van der Waals surface area contributed by atoms with Crippen LogP contribution in [0.4, 0.5) is 6.01 Å². The highest BCUT2D eigenvalue weighted by atomic mass is 32.2. The molecule has 2 aromatic heterocycles. The molecule has 1 amide bonds. The molecule has 4 rings (SSSR count). The lowest BCUT2D eigenvalue weighted by molar-refractivity contribution is 0.102. The van der Waals surface area contributed by atoms with Gasteiger partial charge in [0, 0.05) is 21.1 Å². The Morgan fingerprint density at radius 3 is 2.69 bits per heavy atom. The van der Waals surface area contributed by atoms with E-state index in [0.717, 1.165) is 10.5 Å². The molecule has 0 atom stereocenters. The largest absolute Gasteiger partial charge is 0.422 e. The fourth-order valence-corrected chi connectivity index (χ4v) is 3.65. The van der Waals surface area contributed by atoms with Crippen LogP contribution in [0.15, 0.2) is 73.1 Å². The number of para-hydroxylation sites is 1. The summed E-state index contributed by atoms with van der Waals surface area (Å²) in [5.41, 5.74) is 0.278. The Labute approximate surface area is 170 Å². The molecule has 8 heteroatoms. The van der Waals surface area contributed by atoms with E-state index in [1.165, 1.54) is 6.07 Å². The van der Waals surface area contributed by atoms with Crippen molar-refractivity contribution in [3.05, 3.63) is 70.6 Å². The second kappa shape index (κ2) is 7.92. The summed E-state index contributed by atoms with van der Waals surface area (Å²) in [5.74, 6) is -0.402. The van der Waals surface area contributed by atoms with Gasteiger partial charge in [0.2, 0.25) is 5.89 Å². The molecular formula is C21H17N3O4S. The second-order valence-corrected chi connectivity index (χ2v) is 8.20. The summed E-state index contributed by atoms with van der Waals surface area (Å²) in [5, 5.41) is 11.4. The Morgan fingerprint density at radius 1 is 1.03 bits per heavy atom. The maximum Gasteiger partial charge on any atom is 0.349 e. The van der Waals surface area contributed by atoms with E-state index < -0.39 is 11.5 Å². The number of nitrogens with one attached hydrogen (secondary N) is 1. The lowest BCUT2D eigenvalue weighted by atomic mass is 10.2. The van der Waals surface area contributed by atoms with E-state index in [0.29, 0.717) is 16.2 Å². The van der Waals surface area contributed by atoms with Crippen molar-refractivity contribution in [2.75, 3.05) is 5.32 Å². The highest BCUT2D eigenvalue weighted by Gasteiger charge is 2.17. The van der Waals surface area contributed by atoms with E-state index in [-0.39, 0.29) is 17.5 Å². The Bertz CT molecular complexity index is 1250. The third-order valence-corrected chi connectivity index (χ3v) is 4.98. The maximum absolute atomic E-state index is 12.5. The molecule has 0 aliphatic heterocycles. The highest BCUT2D eigenvalue weighted by molar-refractivity contribution is 7.99. The van der Waals surface area contributed by atoms with E-state index in [1.807, 2.05) is 24.3 Å². The predicted octanol–water partition coefficient (Wildman–Crippen LogP) is 4.60. The van der Waals surface area contributed by atoms with E-state index in [4.69, 9.17) is 8.83 Å². The third kappa shape index (κ3) is 4.22. The van der Waals surface area contributed by atoms with Crippen molar-refractivity contribution in [2.24, 2.45) is 0 Å². The minimum Gasteiger partial charge on any atom is -0.422 e. The van der Waals surface area contributed by atoms with Crippen molar-refractivity contribution in [2.45, 2.75) is 24.0 Å². The average molecular weight is 407 g/mol. The van der Waals surface area contributed by atoms with Gasteiger partial charge in [-0.3, -0.25) is 10.1 Å². The van der Waals surface area contributed by atoms with Crippen LogP contribution in [-0.2, 0) is 0 Å². The summed E-state index contributed by atoms with van der Waals surface area (Å²) in [6.07, 6.45) is 0. The summed E-state index contributed by atoms with van der Waals surface area (Å²) in [6, 6.07) is 16.0. The van der Waals surface area contributed by atoms with Crippen molar-refractivity contribution in [3.63, 3.8) is 0 Å². The van der Waals surface area contributed by atoms with Crippen LogP contribution in [0.25, 0.3) is 22.4 Å². The van der Waals surface area contributed by atoms with E-state index >= 15 is 0 Å². The molecule has 0 radical (unpaired) electrons. The molecule has 2 aromatic carbocycles. The van der Waals surface area contributed by atoms with Gasteiger partial charge in [-0.1, -0.05) is 43.2 Å². The molecule has 0 aliphatic rings. The first-order chi connectivity index (χ1) is 14.0. The smallest absolute Gasteiger partial charge is 0.349 e. The number of nitrogens with zero attached hydrogens (tertiary/aromatic N) is 2. The van der Waals surface area contributed by atoms with Crippen LogP contribution in [0.5, 0.6) is 0 Å². The quantitative estimate of drug-likeness (QED) is 0.381. The summed E-state index contributed by atoms with van der Waals surface area (Å²) in [7, 11) is 0. The molecule has 4 aromatic rings. The van der Waals surface area contributed by atoms with Gasteiger partial charge in [0.1, 0.15) is 11.1 Å². The summed E-state index contributed by atoms with van der Waals surface area (Å²) < 4.78 is 10.7. The van der Waals surface area contributed by atoms with Crippen molar-refractivity contribution < 1.29 is 13.6 Å². The minimum absolute atomic E-state index is 0.0977. The number of rotatable bonds is 5. The van der Waals surface area contributed by atoms with E-state index in [2.05, 4.69) is 29.4 Å². The predicted molar refractivity (Wildman–Crippen MR) is 111 cm³/mol. The Hall–Kier alpha value is -3.39. The summed E-state index contributed by atoms with van der Waals surface area (Å²) in [6.45, 7) is 4.22. The molecule has 0 saturated carbocycles. The SMILES string of the molecule is CC(C)Sc1cccc(-c2nnc(NC(=O)c3cc4ccccc4oc3=O)o2)c1. The topological polar surface area (TPSA) is 98.2 Å². The second-order valence-electron chi connectivity index (χ2n) is 6.55. The van der Waals surface area contributed by atoms with Crippen LogP contribution in [-0.4, -0.2) is 21.4 Å². The molecule has 146 valence electrons. The third-order valence-electron chi connectivity index (χ3n) is 3.98. The van der Waals surface area contributed by atoms with Gasteiger partial charge in [-0.25, -0.2) is 4.79 Å². The van der Waals surface area contributed by atoms with Gasteiger partial charge in [-0.15, -0.1) is 16.9 Å². The summed E-state index contributed by atoms with van der Waals surface area (Å²) in [4.78, 5) is 25.7. The molecule has 1 N–H and O–H groups in total. The molecule has 0 spiro atoms. The first kappa shape index (κ1) is 18.9. The van der Waals surface area contributed by atoms with Gasteiger partial charge in [0.25, 0.3) is 5.91 Å². The first-order valence-corrected chi connectivity index (χ1v) is 9.82. The number of thioether (sulfide) groups is 1. The Balaban J connectivity index is 1.56. The number of amides is 1. The molecule has 7 nitrogen and oxygen atoms in total. The minimum atomic E-state index is -0.737. The zero-order valence-corrected chi connectivity index (χ0v) is 16.5. The number of hydrogen-bond acceptors (Lipinski definition) is 7. The van der Waals surface area contributed by atoms with Gasteiger partial charge < -0.3 is 8.83 Å². The highest BCUT2D eigenvalue weighted by Crippen LogP contribution is 2.28. The number of fused-ring (bicyclic) bond motifs is 1. The van der Waals surface area contributed by atoms with Gasteiger partial charge in [0.15, 0.2) is 0 Å². The zero-order chi connectivity index (χ0) is 20.4. The normalized spacial score (nSPS) is 11.1. The number of hydrogen-bond donors (Lipinski definition) is 1. The standard InChI is InChI=1S/C21H17N3O4S/c1-12(2)29-15-8-5-7-14(10-15)19-23-24-21(28-19)22-18(25)16-11-13-6-3-4-9-17(13)27-20(16)26/h3-12H,1-2H3,(H,22,24,25). The monoisotopic (exact) mass is 407 g/mol. The van der Waals surface area contributed by atoms with Crippen LogP contribution in [0.2, 0.25) is 0 Å². The molecular weight excluding hydrogens is 390 g/mol. The number of carbonyl (C=O) groups excluding carboxylic acids is 1. The van der Waals surface area contributed by atoms with Crippen LogP contribution in [0, 0.1) is 0 Å². The van der Waals surface area contributed by atoms with Gasteiger partial charge >= 0.3 is 11.6 Å². The number of carbonyl (C=O) groups is 1. The Kier molecular flexibility index (Phi) is 5.18. The van der Waals surface area contributed by atoms with E-state index in [1.54, 1.807) is 36.0 Å². The average Bonchev–Trinajstić information content (AvgIpc) is 3.15. The van der Waals surface area contributed by atoms with Crippen molar-refractivity contribution >= 4 is 34.7 Å². The number of anilines is 1. The molecule has 2 heterocycles. The van der Waals surface area contributed by atoms with Crippen LogP contribution in [0.3, 0.4) is 0 Å². The van der Waals surface area contributed by atoms with Gasteiger partial charge in [-0.05, 0) is 30.3 Å². The summed E-state index contributed by atoms with van der Waals surface area (Å²) >= 11 is 1.72. The van der Waals surface area contributed by atoms with Crippen LogP contribution >= 0.6 is 11.8 Å². The molecule has 0 unspecified atom stereocenters. The molecule has 0 aliphatic carbocycles. The van der Waals surface area contributed by atoms with Gasteiger partial charge in [-0.2, -0.15) is 0 Å². The fourth-order valence-electron chi connectivity index (χ4n) is 2.75. The molecule has 29 heavy (non-hydrogen) atoms. The van der Waals surface area contributed by atoms with Crippen molar-refractivity contribution in [1.82, 2.24) is 10.2 Å². The lowest BCUT2D eigenvalue weighted by Crippen LogP contribution is -2.20. The van der Waals surface area contributed by atoms with Crippen LogP contribution < -0.4 is 10.9 Å². The first-order valence-electron chi connectivity index (χ1n) is 8.94. The molecule has 0 fully saturated rings. The molecule has 0 saturated heterocycles. The van der Waals surface area contributed by atoms with E-state index in [9.17, 15) is 9.59 Å². The fraction of sp³-hybridized carbons (Fsp3) is 0.143. The zero-order valence-electron chi connectivity index (χ0n) is 15.7. The lowest BCUT2D eigenvalue weighted by Gasteiger charge is -2.05. The number of aromatic nitrogens is 2. The van der Waals surface area contributed by atoms with Crippen LogP contribution in [0.1, 0.15) is 24.2 Å². The van der Waals surface area contributed by atoms with Gasteiger partial charge in [0.05, 0.1) is 0 Å². The number of benzene rings is 2.